The van der Waals surface area contributed by atoms with E-state index in [-0.39, 0.29) is 22.2 Å². The predicted octanol–water partition coefficient (Wildman–Crippen LogP) is 3.86. The molecule has 172 valence electrons. The third kappa shape index (κ3) is 5.56. The molecular formula is C22H20F2N4O4S. The zero-order chi connectivity index (χ0) is 23.4. The Bertz CT molecular complexity index is 1190. The van der Waals surface area contributed by atoms with E-state index in [9.17, 15) is 23.7 Å². The number of amides is 1. The second kappa shape index (κ2) is 10.1. The maximum atomic E-state index is 14.2. The average molecular weight is 474 g/mol. The summed E-state index contributed by atoms with van der Waals surface area (Å²) in [5.41, 5.74) is 0.578. The molecule has 0 aliphatic carbocycles. The molecule has 4 rings (SSSR count). The second-order valence-corrected chi connectivity index (χ2v) is 8.37. The highest BCUT2D eigenvalue weighted by Gasteiger charge is 2.21. The van der Waals surface area contributed by atoms with Gasteiger partial charge in [0.05, 0.1) is 22.8 Å². The minimum Gasteiger partial charge on any atom is -0.379 e. The number of thiazole rings is 1. The number of halogens is 2. The molecule has 8 nitrogen and oxygen atoms in total. The Morgan fingerprint density at radius 2 is 1.97 bits per heavy atom. The number of aromatic nitrogens is 1. The molecule has 0 saturated carbocycles. The van der Waals surface area contributed by atoms with E-state index < -0.39 is 16.6 Å². The Labute approximate surface area is 191 Å². The van der Waals surface area contributed by atoms with Gasteiger partial charge < -0.3 is 4.74 Å². The average Bonchev–Trinajstić information content (AvgIpc) is 3.23. The highest BCUT2D eigenvalue weighted by molar-refractivity contribution is 7.22. The lowest BCUT2D eigenvalue weighted by molar-refractivity contribution is -0.384. The quantitative estimate of drug-likeness (QED) is 0.294. The van der Waals surface area contributed by atoms with Crippen LogP contribution in [0.4, 0.5) is 19.6 Å². The van der Waals surface area contributed by atoms with Gasteiger partial charge in [-0.05, 0) is 29.8 Å². The van der Waals surface area contributed by atoms with Gasteiger partial charge in [0.25, 0.3) is 11.6 Å². The van der Waals surface area contributed by atoms with Gasteiger partial charge in [0.15, 0.2) is 10.9 Å². The standard InChI is InChI=1S/C22H20F2N4O4S/c23-16-13-18(24)21-19(14-16)33-22(25-21)27(8-7-26-9-11-32-12-10-26)20(29)6-3-15-1-4-17(5-2-15)28(30)31/h1-6,13-14H,7-12H2/b6-3+. The molecule has 1 amide bonds. The van der Waals surface area contributed by atoms with E-state index >= 15 is 0 Å². The van der Waals surface area contributed by atoms with Crippen molar-refractivity contribution in [2.75, 3.05) is 44.3 Å². The summed E-state index contributed by atoms with van der Waals surface area (Å²) in [6, 6.07) is 7.74. The molecule has 1 fully saturated rings. The van der Waals surface area contributed by atoms with Gasteiger partial charge in [-0.15, -0.1) is 0 Å². The zero-order valence-corrected chi connectivity index (χ0v) is 18.3. The van der Waals surface area contributed by atoms with Gasteiger partial charge in [0.2, 0.25) is 0 Å². The monoisotopic (exact) mass is 474 g/mol. The molecule has 0 bridgehead atoms. The first-order valence-electron chi connectivity index (χ1n) is 10.2. The fourth-order valence-corrected chi connectivity index (χ4v) is 4.43. The van der Waals surface area contributed by atoms with Crippen LogP contribution in [0.1, 0.15) is 5.56 Å². The number of benzene rings is 2. The van der Waals surface area contributed by atoms with Crippen LogP contribution >= 0.6 is 11.3 Å². The Hall–Kier alpha value is -3.28. The molecule has 1 aromatic heterocycles. The number of non-ortho nitro benzene ring substituents is 1. The first-order valence-corrected chi connectivity index (χ1v) is 11.0. The van der Waals surface area contributed by atoms with Crippen LogP contribution in [0, 0.1) is 21.7 Å². The van der Waals surface area contributed by atoms with Gasteiger partial charge in [-0.3, -0.25) is 24.7 Å². The van der Waals surface area contributed by atoms with Crippen LogP contribution in [0.2, 0.25) is 0 Å². The summed E-state index contributed by atoms with van der Waals surface area (Å²) in [4.78, 5) is 31.2. The lowest BCUT2D eigenvalue weighted by Gasteiger charge is -2.28. The van der Waals surface area contributed by atoms with E-state index in [2.05, 4.69) is 9.88 Å². The zero-order valence-electron chi connectivity index (χ0n) is 17.4. The minimum absolute atomic E-state index is 0.0138. The van der Waals surface area contributed by atoms with Crippen molar-refractivity contribution in [2.45, 2.75) is 0 Å². The van der Waals surface area contributed by atoms with Crippen LogP contribution in [0.5, 0.6) is 0 Å². The van der Waals surface area contributed by atoms with Crippen molar-refractivity contribution in [3.8, 4) is 0 Å². The van der Waals surface area contributed by atoms with E-state index in [1.807, 2.05) is 0 Å². The van der Waals surface area contributed by atoms with Crippen molar-refractivity contribution in [2.24, 2.45) is 0 Å². The van der Waals surface area contributed by atoms with Crippen LogP contribution in [0.15, 0.2) is 42.5 Å². The number of carbonyl (C=O) groups excluding carboxylic acids is 1. The summed E-state index contributed by atoms with van der Waals surface area (Å²) in [5, 5.41) is 11.1. The number of hydrogen-bond acceptors (Lipinski definition) is 7. The molecule has 3 aromatic rings. The molecule has 0 atom stereocenters. The summed E-state index contributed by atoms with van der Waals surface area (Å²) < 4.78 is 33.5. The normalized spacial score (nSPS) is 14.7. The minimum atomic E-state index is -0.783. The molecule has 33 heavy (non-hydrogen) atoms. The summed E-state index contributed by atoms with van der Waals surface area (Å²) in [6.07, 6.45) is 2.88. The van der Waals surface area contributed by atoms with Crippen molar-refractivity contribution in [1.29, 1.82) is 0 Å². The molecule has 0 radical (unpaired) electrons. The lowest BCUT2D eigenvalue weighted by atomic mass is 10.2. The highest BCUT2D eigenvalue weighted by atomic mass is 32.1. The van der Waals surface area contributed by atoms with E-state index in [0.717, 1.165) is 30.5 Å². The van der Waals surface area contributed by atoms with Crippen LogP contribution in [-0.4, -0.2) is 60.1 Å². The van der Waals surface area contributed by atoms with Crippen LogP contribution in [-0.2, 0) is 9.53 Å². The van der Waals surface area contributed by atoms with E-state index in [1.165, 1.54) is 41.3 Å². The number of hydrogen-bond donors (Lipinski definition) is 0. The molecule has 0 unspecified atom stereocenters. The SMILES string of the molecule is O=C(/C=C/c1ccc([N+](=O)[O-])cc1)N(CCN1CCOCC1)c1nc2c(F)cc(F)cc2s1. The number of nitro benzene ring substituents is 1. The van der Waals surface area contributed by atoms with Gasteiger partial charge in [-0.25, -0.2) is 13.8 Å². The molecular weight excluding hydrogens is 454 g/mol. The number of anilines is 1. The Morgan fingerprint density at radius 1 is 1.24 bits per heavy atom. The van der Waals surface area contributed by atoms with E-state index in [0.29, 0.717) is 36.6 Å². The summed E-state index contributed by atoms with van der Waals surface area (Å²) in [6.45, 7) is 3.56. The summed E-state index contributed by atoms with van der Waals surface area (Å²) in [5.74, 6) is -1.88. The number of fused-ring (bicyclic) bond motifs is 1. The number of ether oxygens (including phenoxy) is 1. The number of nitrogens with zero attached hydrogens (tertiary/aromatic N) is 4. The molecule has 0 spiro atoms. The Kier molecular flexibility index (Phi) is 7.02. The molecule has 0 N–H and O–H groups in total. The smallest absolute Gasteiger partial charge is 0.269 e. The third-order valence-corrected chi connectivity index (χ3v) is 6.19. The van der Waals surface area contributed by atoms with Crippen molar-refractivity contribution >= 4 is 44.4 Å². The molecule has 1 aliphatic heterocycles. The van der Waals surface area contributed by atoms with E-state index in [1.54, 1.807) is 6.08 Å². The van der Waals surface area contributed by atoms with Gasteiger partial charge in [0, 0.05) is 50.5 Å². The number of nitro groups is 1. The van der Waals surface area contributed by atoms with Crippen molar-refractivity contribution in [3.63, 3.8) is 0 Å². The van der Waals surface area contributed by atoms with Crippen LogP contribution in [0.25, 0.3) is 16.3 Å². The predicted molar refractivity (Wildman–Crippen MR) is 121 cm³/mol. The summed E-state index contributed by atoms with van der Waals surface area (Å²) >= 11 is 1.04. The topological polar surface area (TPSA) is 88.8 Å². The largest absolute Gasteiger partial charge is 0.379 e. The Balaban J connectivity index is 1.58. The highest BCUT2D eigenvalue weighted by Crippen LogP contribution is 2.31. The van der Waals surface area contributed by atoms with Crippen LogP contribution in [0.3, 0.4) is 0 Å². The fourth-order valence-electron chi connectivity index (χ4n) is 3.39. The fraction of sp³-hybridized carbons (Fsp3) is 0.273. The maximum Gasteiger partial charge on any atom is 0.269 e. The number of morpholine rings is 1. The molecule has 2 aromatic carbocycles. The number of carbonyl (C=O) groups is 1. The second-order valence-electron chi connectivity index (χ2n) is 7.36. The lowest BCUT2D eigenvalue weighted by Crippen LogP contribution is -2.42. The van der Waals surface area contributed by atoms with Gasteiger partial charge in [0.1, 0.15) is 11.3 Å². The van der Waals surface area contributed by atoms with Gasteiger partial charge >= 0.3 is 0 Å². The molecule has 11 heteroatoms. The van der Waals surface area contributed by atoms with E-state index in [4.69, 9.17) is 4.74 Å². The van der Waals surface area contributed by atoms with Crippen molar-refractivity contribution in [3.05, 3.63) is 69.8 Å². The molecule has 1 aliphatic rings. The first kappa shape index (κ1) is 22.9. The van der Waals surface area contributed by atoms with Gasteiger partial charge in [-0.2, -0.15) is 0 Å². The van der Waals surface area contributed by atoms with Crippen molar-refractivity contribution < 1.29 is 23.2 Å². The van der Waals surface area contributed by atoms with Crippen molar-refractivity contribution in [1.82, 2.24) is 9.88 Å². The van der Waals surface area contributed by atoms with Crippen LogP contribution < -0.4 is 4.90 Å². The summed E-state index contributed by atoms with van der Waals surface area (Å²) in [7, 11) is 0. The number of rotatable bonds is 7. The molecule has 1 saturated heterocycles. The Morgan fingerprint density at radius 3 is 2.67 bits per heavy atom. The third-order valence-electron chi connectivity index (χ3n) is 5.16. The maximum absolute atomic E-state index is 14.2. The first-order chi connectivity index (χ1) is 15.9. The van der Waals surface area contributed by atoms with Gasteiger partial charge in [-0.1, -0.05) is 11.3 Å². The molecule has 2 heterocycles.